The van der Waals surface area contributed by atoms with Crippen LogP contribution in [0.2, 0.25) is 0 Å². The Bertz CT molecular complexity index is 963. The number of carbonyl (C=O) groups excluding carboxylic acids is 1. The third-order valence-electron chi connectivity index (χ3n) is 4.98. The third-order valence-corrected chi connectivity index (χ3v) is 5.91. The van der Waals surface area contributed by atoms with Crippen LogP contribution in [0.15, 0.2) is 42.5 Å². The Balaban J connectivity index is 1.32. The van der Waals surface area contributed by atoms with E-state index in [1.165, 1.54) is 6.07 Å². The predicted molar refractivity (Wildman–Crippen MR) is 107 cm³/mol. The molecule has 1 aromatic heterocycles. The molecule has 4 nitrogen and oxygen atoms in total. The van der Waals surface area contributed by atoms with Gasteiger partial charge in [-0.25, -0.2) is 9.37 Å². The van der Waals surface area contributed by atoms with Gasteiger partial charge in [0.25, 0.3) is 5.91 Å². The van der Waals surface area contributed by atoms with Crippen molar-refractivity contribution in [2.75, 3.05) is 13.1 Å². The van der Waals surface area contributed by atoms with E-state index in [9.17, 15) is 9.18 Å². The minimum atomic E-state index is -0.192. The van der Waals surface area contributed by atoms with E-state index in [4.69, 9.17) is 0 Å². The number of carbonyl (C=O) groups is 1. The van der Waals surface area contributed by atoms with E-state index in [0.29, 0.717) is 5.56 Å². The van der Waals surface area contributed by atoms with E-state index in [-0.39, 0.29) is 17.8 Å². The first-order valence-electron chi connectivity index (χ1n) is 9.22. The monoisotopic (exact) mass is 383 g/mol. The zero-order chi connectivity index (χ0) is 18.8. The van der Waals surface area contributed by atoms with Crippen LogP contribution in [0, 0.1) is 12.7 Å². The fraction of sp³-hybridized carbons (Fsp3) is 0.333. The lowest BCUT2D eigenvalue weighted by Gasteiger charge is -2.32. The number of nitrogens with zero attached hydrogens (tertiary/aromatic N) is 2. The minimum Gasteiger partial charge on any atom is -0.349 e. The van der Waals surface area contributed by atoms with E-state index in [0.717, 1.165) is 53.3 Å². The van der Waals surface area contributed by atoms with Crippen LogP contribution >= 0.6 is 11.3 Å². The molecule has 0 unspecified atom stereocenters. The predicted octanol–water partition coefficient (Wildman–Crippen LogP) is 4.14. The van der Waals surface area contributed by atoms with Gasteiger partial charge in [0.1, 0.15) is 5.82 Å². The molecule has 1 aliphatic heterocycles. The smallest absolute Gasteiger partial charge is 0.251 e. The maximum absolute atomic E-state index is 13.3. The number of aromatic nitrogens is 1. The van der Waals surface area contributed by atoms with Crippen LogP contribution in [-0.2, 0) is 6.54 Å². The molecule has 1 fully saturated rings. The maximum atomic E-state index is 13.3. The van der Waals surface area contributed by atoms with Gasteiger partial charge in [-0.3, -0.25) is 9.69 Å². The van der Waals surface area contributed by atoms with Crippen LogP contribution in [0.1, 0.15) is 33.8 Å². The number of likely N-dealkylation sites (tertiary alicyclic amines) is 1. The van der Waals surface area contributed by atoms with E-state index in [1.54, 1.807) is 23.5 Å². The summed E-state index contributed by atoms with van der Waals surface area (Å²) in [6, 6.07) is 12.6. The number of rotatable bonds is 4. The number of amides is 1. The highest BCUT2D eigenvalue weighted by atomic mass is 32.1. The molecule has 1 N–H and O–H groups in total. The van der Waals surface area contributed by atoms with Gasteiger partial charge in [-0.2, -0.15) is 0 Å². The van der Waals surface area contributed by atoms with Gasteiger partial charge >= 0.3 is 0 Å². The molecule has 2 aromatic carbocycles. The number of hydrogen-bond acceptors (Lipinski definition) is 4. The molecule has 6 heteroatoms. The summed E-state index contributed by atoms with van der Waals surface area (Å²) >= 11 is 1.61. The lowest BCUT2D eigenvalue weighted by Crippen LogP contribution is -2.44. The second-order valence-electron chi connectivity index (χ2n) is 7.07. The van der Waals surface area contributed by atoms with Crippen LogP contribution in [0.25, 0.3) is 10.2 Å². The number of hydrogen-bond donors (Lipinski definition) is 1. The Morgan fingerprint density at radius 2 is 2.07 bits per heavy atom. The molecule has 0 atom stereocenters. The highest BCUT2D eigenvalue weighted by Crippen LogP contribution is 2.23. The number of nitrogens with one attached hydrogen (secondary N) is 1. The Hall–Kier alpha value is -2.31. The van der Waals surface area contributed by atoms with Gasteiger partial charge in [0, 0.05) is 31.2 Å². The summed E-state index contributed by atoms with van der Waals surface area (Å²) in [4.78, 5) is 19.3. The molecular formula is C21H22FN3OS. The number of halogens is 1. The highest BCUT2D eigenvalue weighted by Gasteiger charge is 2.21. The van der Waals surface area contributed by atoms with E-state index in [2.05, 4.69) is 15.2 Å². The van der Waals surface area contributed by atoms with Crippen LogP contribution in [-0.4, -0.2) is 34.9 Å². The topological polar surface area (TPSA) is 45.2 Å². The molecule has 27 heavy (non-hydrogen) atoms. The van der Waals surface area contributed by atoms with Crippen LogP contribution in [0.4, 0.5) is 4.39 Å². The first-order valence-corrected chi connectivity index (χ1v) is 10.0. The highest BCUT2D eigenvalue weighted by molar-refractivity contribution is 7.18. The van der Waals surface area contributed by atoms with Crippen LogP contribution in [0.3, 0.4) is 0 Å². The summed E-state index contributed by atoms with van der Waals surface area (Å²) in [5.41, 5.74) is 2.62. The molecule has 2 heterocycles. The Morgan fingerprint density at radius 1 is 1.26 bits per heavy atom. The summed E-state index contributed by atoms with van der Waals surface area (Å²) in [5.74, 6) is -0.214. The summed E-state index contributed by atoms with van der Waals surface area (Å²) < 4.78 is 14.4. The van der Waals surface area contributed by atoms with Crippen molar-refractivity contribution < 1.29 is 9.18 Å². The SMILES string of the molecule is Cc1nc2ccc(C(=O)NC3CCN(Cc4cccc(F)c4)CC3)cc2s1. The number of thiazole rings is 1. The number of piperidine rings is 1. The summed E-state index contributed by atoms with van der Waals surface area (Å²) in [6.07, 6.45) is 1.81. The molecule has 0 radical (unpaired) electrons. The normalized spacial score (nSPS) is 15.9. The molecule has 1 amide bonds. The summed E-state index contributed by atoms with van der Waals surface area (Å²) in [6.45, 7) is 4.52. The summed E-state index contributed by atoms with van der Waals surface area (Å²) in [5, 5.41) is 4.17. The van der Waals surface area contributed by atoms with Crippen molar-refractivity contribution in [1.29, 1.82) is 0 Å². The van der Waals surface area contributed by atoms with Crippen molar-refractivity contribution in [2.24, 2.45) is 0 Å². The van der Waals surface area contributed by atoms with Gasteiger partial charge in [-0.05, 0) is 55.7 Å². The van der Waals surface area contributed by atoms with Gasteiger partial charge < -0.3 is 5.32 Å². The maximum Gasteiger partial charge on any atom is 0.251 e. The molecule has 4 rings (SSSR count). The Kier molecular flexibility index (Phi) is 5.18. The van der Waals surface area contributed by atoms with E-state index in [1.807, 2.05) is 31.2 Å². The quantitative estimate of drug-likeness (QED) is 0.737. The Morgan fingerprint density at radius 3 is 2.85 bits per heavy atom. The van der Waals surface area contributed by atoms with Crippen LogP contribution in [0.5, 0.6) is 0 Å². The van der Waals surface area contributed by atoms with E-state index >= 15 is 0 Å². The molecular weight excluding hydrogens is 361 g/mol. The Labute approximate surface area is 162 Å². The molecule has 0 spiro atoms. The lowest BCUT2D eigenvalue weighted by molar-refractivity contribution is 0.0909. The van der Waals surface area contributed by atoms with Crippen LogP contribution < -0.4 is 5.32 Å². The standard InChI is InChI=1S/C21H22FN3OS/c1-14-23-19-6-5-16(12-20(19)27-14)21(26)24-18-7-9-25(10-8-18)13-15-3-2-4-17(22)11-15/h2-6,11-12,18H,7-10,13H2,1H3,(H,24,26). The fourth-order valence-corrected chi connectivity index (χ4v) is 4.45. The zero-order valence-electron chi connectivity index (χ0n) is 15.2. The number of fused-ring (bicyclic) bond motifs is 1. The molecule has 3 aromatic rings. The molecule has 140 valence electrons. The summed E-state index contributed by atoms with van der Waals surface area (Å²) in [7, 11) is 0. The van der Waals surface area contributed by atoms with Crippen molar-refractivity contribution in [3.63, 3.8) is 0 Å². The molecule has 1 aliphatic rings. The molecule has 0 aliphatic carbocycles. The van der Waals surface area contributed by atoms with Gasteiger partial charge in [0.05, 0.1) is 15.2 Å². The lowest BCUT2D eigenvalue weighted by atomic mass is 10.0. The molecule has 0 bridgehead atoms. The zero-order valence-corrected chi connectivity index (χ0v) is 16.1. The van der Waals surface area contributed by atoms with Gasteiger partial charge in [-0.1, -0.05) is 12.1 Å². The molecule has 0 saturated carbocycles. The van der Waals surface area contributed by atoms with Crippen molar-refractivity contribution >= 4 is 27.5 Å². The van der Waals surface area contributed by atoms with Gasteiger partial charge in [0.2, 0.25) is 0 Å². The number of benzene rings is 2. The van der Waals surface area contributed by atoms with Crippen molar-refractivity contribution in [2.45, 2.75) is 32.4 Å². The average Bonchev–Trinajstić information content (AvgIpc) is 3.02. The molecule has 1 saturated heterocycles. The fourth-order valence-electron chi connectivity index (χ4n) is 3.58. The van der Waals surface area contributed by atoms with Gasteiger partial charge in [-0.15, -0.1) is 11.3 Å². The second-order valence-corrected chi connectivity index (χ2v) is 8.30. The third kappa shape index (κ3) is 4.34. The van der Waals surface area contributed by atoms with E-state index < -0.39 is 0 Å². The van der Waals surface area contributed by atoms with Gasteiger partial charge in [0.15, 0.2) is 0 Å². The van der Waals surface area contributed by atoms with Crippen molar-refractivity contribution in [1.82, 2.24) is 15.2 Å². The number of aryl methyl sites for hydroxylation is 1. The van der Waals surface area contributed by atoms with Crippen molar-refractivity contribution in [3.8, 4) is 0 Å². The largest absolute Gasteiger partial charge is 0.349 e. The minimum absolute atomic E-state index is 0.0217. The first-order chi connectivity index (χ1) is 13.1. The average molecular weight is 383 g/mol. The first kappa shape index (κ1) is 18.1. The van der Waals surface area contributed by atoms with Crippen molar-refractivity contribution in [3.05, 3.63) is 64.4 Å². The second kappa shape index (κ2) is 7.74.